The Kier molecular flexibility index (Phi) is 4.86. The molecule has 0 fully saturated rings. The number of halogens is 2. The van der Waals surface area contributed by atoms with E-state index in [1.165, 1.54) is 18.2 Å². The molecule has 2 aromatic carbocycles. The van der Waals surface area contributed by atoms with Gasteiger partial charge in [0, 0.05) is 16.1 Å². The minimum absolute atomic E-state index is 0.0969. The van der Waals surface area contributed by atoms with Crippen LogP contribution < -0.4 is 0 Å². The van der Waals surface area contributed by atoms with Gasteiger partial charge in [-0.1, -0.05) is 53.2 Å². The molecule has 0 unspecified atom stereocenters. The van der Waals surface area contributed by atoms with Gasteiger partial charge in [0.25, 0.3) is 5.89 Å². The summed E-state index contributed by atoms with van der Waals surface area (Å²) < 4.78 is 23.7. The highest BCUT2D eigenvalue weighted by molar-refractivity contribution is 6.31. The average molecular weight is 347 g/mol. The van der Waals surface area contributed by atoms with E-state index in [9.17, 15) is 9.18 Å². The predicted octanol–water partition coefficient (Wildman–Crippen LogP) is 3.82. The van der Waals surface area contributed by atoms with Crippen LogP contribution in [0.2, 0.25) is 5.02 Å². The first-order valence-electron chi connectivity index (χ1n) is 7.10. The molecule has 0 radical (unpaired) electrons. The van der Waals surface area contributed by atoms with Crippen LogP contribution in [0.15, 0.2) is 53.1 Å². The molecule has 3 aromatic rings. The van der Waals surface area contributed by atoms with Gasteiger partial charge in [-0.2, -0.15) is 4.98 Å². The van der Waals surface area contributed by atoms with Crippen molar-refractivity contribution in [2.24, 2.45) is 0 Å². The molecule has 1 aromatic heterocycles. The van der Waals surface area contributed by atoms with E-state index in [0.29, 0.717) is 5.82 Å². The largest absolute Gasteiger partial charge is 0.455 e. The predicted molar refractivity (Wildman–Crippen MR) is 84.6 cm³/mol. The van der Waals surface area contributed by atoms with Gasteiger partial charge >= 0.3 is 5.97 Å². The summed E-state index contributed by atoms with van der Waals surface area (Å²) in [6.45, 7) is -0.190. The van der Waals surface area contributed by atoms with Gasteiger partial charge in [-0.25, -0.2) is 4.39 Å². The molecule has 122 valence electrons. The Morgan fingerprint density at radius 1 is 1.17 bits per heavy atom. The summed E-state index contributed by atoms with van der Waals surface area (Å²) in [6.07, 6.45) is -0.273. The summed E-state index contributed by atoms with van der Waals surface area (Å²) in [5, 5.41) is 4.00. The Morgan fingerprint density at radius 2 is 1.96 bits per heavy atom. The molecule has 0 aliphatic heterocycles. The van der Waals surface area contributed by atoms with Crippen molar-refractivity contribution in [1.82, 2.24) is 10.1 Å². The number of ether oxygens (including phenoxy) is 1. The van der Waals surface area contributed by atoms with Crippen LogP contribution in [0.1, 0.15) is 11.5 Å². The van der Waals surface area contributed by atoms with Gasteiger partial charge in [0.1, 0.15) is 5.82 Å². The van der Waals surface area contributed by atoms with Crippen molar-refractivity contribution in [2.75, 3.05) is 0 Å². The zero-order valence-electron chi connectivity index (χ0n) is 12.4. The molecule has 0 spiro atoms. The average Bonchev–Trinajstić information content (AvgIpc) is 3.06. The third-order valence-corrected chi connectivity index (χ3v) is 3.59. The Labute approximate surface area is 142 Å². The van der Waals surface area contributed by atoms with Gasteiger partial charge in [-0.3, -0.25) is 4.79 Å². The van der Waals surface area contributed by atoms with Gasteiger partial charge in [0.05, 0.1) is 6.42 Å². The second-order valence-electron chi connectivity index (χ2n) is 4.92. The van der Waals surface area contributed by atoms with E-state index in [-0.39, 0.29) is 29.5 Å². The lowest BCUT2D eigenvalue weighted by atomic mass is 10.1. The highest BCUT2D eigenvalue weighted by Gasteiger charge is 2.15. The van der Waals surface area contributed by atoms with Gasteiger partial charge < -0.3 is 9.26 Å². The highest BCUT2D eigenvalue weighted by atomic mass is 35.5. The molecule has 0 saturated carbocycles. The first-order chi connectivity index (χ1) is 11.6. The maximum absolute atomic E-state index is 13.6. The fourth-order valence-corrected chi connectivity index (χ4v) is 2.29. The van der Waals surface area contributed by atoms with Crippen molar-refractivity contribution >= 4 is 17.6 Å². The van der Waals surface area contributed by atoms with Crippen molar-refractivity contribution in [3.63, 3.8) is 0 Å². The Bertz CT molecular complexity index is 832. The molecule has 0 aliphatic rings. The monoisotopic (exact) mass is 346 g/mol. The number of aromatic nitrogens is 2. The summed E-state index contributed by atoms with van der Waals surface area (Å²) in [5.74, 6) is -0.634. The van der Waals surface area contributed by atoms with Crippen molar-refractivity contribution in [1.29, 1.82) is 0 Å². The molecule has 0 N–H and O–H groups in total. The number of rotatable bonds is 5. The molecule has 0 amide bonds. The number of carbonyl (C=O) groups excluding carboxylic acids is 1. The number of benzene rings is 2. The highest BCUT2D eigenvalue weighted by Crippen LogP contribution is 2.20. The lowest BCUT2D eigenvalue weighted by Gasteiger charge is -2.05. The molecular formula is C17H12ClFN2O3. The first kappa shape index (κ1) is 16.1. The van der Waals surface area contributed by atoms with Crippen molar-refractivity contribution < 1.29 is 18.4 Å². The molecule has 7 heteroatoms. The number of esters is 1. The molecule has 0 saturated heterocycles. The van der Waals surface area contributed by atoms with Crippen LogP contribution in [0.4, 0.5) is 4.39 Å². The minimum Gasteiger partial charge on any atom is -0.455 e. The van der Waals surface area contributed by atoms with Gasteiger partial charge in [-0.15, -0.1) is 0 Å². The number of nitrogens with zero attached hydrogens (tertiary/aromatic N) is 2. The van der Waals surface area contributed by atoms with Crippen LogP contribution in [-0.2, 0) is 22.6 Å². The van der Waals surface area contributed by atoms with E-state index < -0.39 is 11.8 Å². The van der Waals surface area contributed by atoms with E-state index in [1.807, 2.05) is 30.3 Å². The normalized spacial score (nSPS) is 10.6. The van der Waals surface area contributed by atoms with Crippen LogP contribution in [0.3, 0.4) is 0 Å². The second-order valence-corrected chi connectivity index (χ2v) is 5.32. The molecule has 0 aliphatic carbocycles. The van der Waals surface area contributed by atoms with Crippen LogP contribution in [0.5, 0.6) is 0 Å². The Hall–Kier alpha value is -2.73. The summed E-state index contributed by atoms with van der Waals surface area (Å²) >= 11 is 5.87. The van der Waals surface area contributed by atoms with Crippen LogP contribution in [0.25, 0.3) is 11.4 Å². The van der Waals surface area contributed by atoms with Crippen LogP contribution in [-0.4, -0.2) is 16.1 Å². The van der Waals surface area contributed by atoms with Gasteiger partial charge in [-0.05, 0) is 12.1 Å². The van der Waals surface area contributed by atoms with Gasteiger partial charge in [0.15, 0.2) is 6.61 Å². The zero-order chi connectivity index (χ0) is 16.9. The third-order valence-electron chi connectivity index (χ3n) is 3.24. The summed E-state index contributed by atoms with van der Waals surface area (Å²) in [7, 11) is 0. The fourth-order valence-electron chi connectivity index (χ4n) is 2.06. The Morgan fingerprint density at radius 3 is 2.71 bits per heavy atom. The van der Waals surface area contributed by atoms with Crippen LogP contribution >= 0.6 is 11.6 Å². The SMILES string of the molecule is O=C(Cc1c(F)cccc1Cl)OCc1nc(-c2ccccc2)no1. The molecule has 0 bridgehead atoms. The summed E-state index contributed by atoms with van der Waals surface area (Å²) in [5.41, 5.74) is 0.886. The molecule has 1 heterocycles. The van der Waals surface area contributed by atoms with E-state index in [0.717, 1.165) is 5.56 Å². The van der Waals surface area contributed by atoms with E-state index in [1.54, 1.807) is 0 Å². The van der Waals surface area contributed by atoms with Crippen LogP contribution in [0, 0.1) is 5.82 Å². The maximum Gasteiger partial charge on any atom is 0.310 e. The minimum atomic E-state index is -0.638. The number of carbonyl (C=O) groups is 1. The molecular weight excluding hydrogens is 335 g/mol. The molecule has 3 rings (SSSR count). The van der Waals surface area contributed by atoms with Gasteiger partial charge in [0.2, 0.25) is 5.82 Å². The molecule has 0 atom stereocenters. The standard InChI is InChI=1S/C17H12ClFN2O3/c18-13-7-4-8-14(19)12(13)9-16(22)23-10-15-20-17(21-24-15)11-5-2-1-3-6-11/h1-8H,9-10H2. The lowest BCUT2D eigenvalue weighted by molar-refractivity contribution is -0.144. The van der Waals surface area contributed by atoms with E-state index >= 15 is 0 Å². The number of hydrogen-bond acceptors (Lipinski definition) is 5. The number of hydrogen-bond donors (Lipinski definition) is 0. The smallest absolute Gasteiger partial charge is 0.310 e. The van der Waals surface area contributed by atoms with Crippen molar-refractivity contribution in [2.45, 2.75) is 13.0 Å². The maximum atomic E-state index is 13.6. The van der Waals surface area contributed by atoms with E-state index in [4.69, 9.17) is 20.9 Å². The van der Waals surface area contributed by atoms with Crippen molar-refractivity contribution in [3.8, 4) is 11.4 Å². The summed E-state index contributed by atoms with van der Waals surface area (Å²) in [4.78, 5) is 16.0. The second kappa shape index (κ2) is 7.23. The van der Waals surface area contributed by atoms with E-state index in [2.05, 4.69) is 10.1 Å². The van der Waals surface area contributed by atoms with Crippen molar-refractivity contribution in [3.05, 3.63) is 70.8 Å². The molecule has 5 nitrogen and oxygen atoms in total. The molecule has 24 heavy (non-hydrogen) atoms. The fraction of sp³-hybridized carbons (Fsp3) is 0.118. The topological polar surface area (TPSA) is 65.2 Å². The quantitative estimate of drug-likeness (QED) is 0.657. The lowest BCUT2D eigenvalue weighted by Crippen LogP contribution is -2.09. The first-order valence-corrected chi connectivity index (χ1v) is 7.48. The third kappa shape index (κ3) is 3.78. The zero-order valence-corrected chi connectivity index (χ0v) is 13.2. The Balaban J connectivity index is 1.60. The summed E-state index contributed by atoms with van der Waals surface area (Å²) in [6, 6.07) is 13.5.